The van der Waals surface area contributed by atoms with E-state index in [-0.39, 0.29) is 23.1 Å². The number of carbonyl (C=O) groups is 1. The van der Waals surface area contributed by atoms with E-state index in [0.29, 0.717) is 13.0 Å². The van der Waals surface area contributed by atoms with Crippen molar-refractivity contribution in [2.45, 2.75) is 26.4 Å². The van der Waals surface area contributed by atoms with Gasteiger partial charge in [0.1, 0.15) is 17.8 Å². The van der Waals surface area contributed by atoms with Gasteiger partial charge in [0.2, 0.25) is 0 Å². The van der Waals surface area contributed by atoms with Gasteiger partial charge in [0.15, 0.2) is 0 Å². The highest BCUT2D eigenvalue weighted by Gasteiger charge is 2.11. The van der Waals surface area contributed by atoms with Crippen molar-refractivity contribution in [2.75, 3.05) is 6.54 Å². The second kappa shape index (κ2) is 7.16. The minimum absolute atomic E-state index is 0.0535. The van der Waals surface area contributed by atoms with Crippen LogP contribution in [0, 0.1) is 0 Å². The first-order chi connectivity index (χ1) is 12.0. The monoisotopic (exact) mass is 341 g/mol. The molecular formula is C17H19N5O3. The molecule has 0 spiro atoms. The predicted molar refractivity (Wildman–Crippen MR) is 91.9 cm³/mol. The molecule has 3 aromatic rings. The van der Waals surface area contributed by atoms with Gasteiger partial charge in [-0.1, -0.05) is 12.1 Å². The molecule has 3 rings (SSSR count). The fourth-order valence-electron chi connectivity index (χ4n) is 2.36. The Kier molecular flexibility index (Phi) is 4.78. The molecule has 130 valence electrons. The van der Waals surface area contributed by atoms with E-state index in [9.17, 15) is 9.59 Å². The quantitative estimate of drug-likeness (QED) is 0.701. The Balaban J connectivity index is 1.57. The Morgan fingerprint density at radius 1 is 1.32 bits per heavy atom. The van der Waals surface area contributed by atoms with Gasteiger partial charge in [-0.15, -0.1) is 0 Å². The van der Waals surface area contributed by atoms with E-state index in [1.54, 1.807) is 0 Å². The van der Waals surface area contributed by atoms with Crippen LogP contribution in [0.2, 0.25) is 0 Å². The number of fused-ring (bicyclic) bond motifs is 1. The zero-order chi connectivity index (χ0) is 17.8. The number of amides is 1. The summed E-state index contributed by atoms with van der Waals surface area (Å²) in [5, 5.41) is 5.38. The van der Waals surface area contributed by atoms with Crippen molar-refractivity contribution in [3.63, 3.8) is 0 Å². The van der Waals surface area contributed by atoms with Crippen molar-refractivity contribution in [3.05, 3.63) is 58.3 Å². The van der Waals surface area contributed by atoms with Gasteiger partial charge in [0.25, 0.3) is 17.2 Å². The Morgan fingerprint density at radius 3 is 2.80 bits per heavy atom. The minimum atomic E-state index is -0.401. The van der Waals surface area contributed by atoms with E-state index in [1.807, 2.05) is 38.1 Å². The molecule has 1 amide bonds. The summed E-state index contributed by atoms with van der Waals surface area (Å²) in [5.41, 5.74) is 0.748. The van der Waals surface area contributed by atoms with Crippen LogP contribution in [0.15, 0.2) is 41.5 Å². The zero-order valence-electron chi connectivity index (χ0n) is 14.0. The molecule has 8 heteroatoms. The van der Waals surface area contributed by atoms with E-state index < -0.39 is 5.91 Å². The number of benzene rings is 1. The molecule has 0 saturated heterocycles. The Labute approximate surface area is 143 Å². The summed E-state index contributed by atoms with van der Waals surface area (Å²) < 4.78 is 6.76. The molecule has 0 aliphatic rings. The molecule has 0 unspecified atom stereocenters. The molecule has 0 aliphatic heterocycles. The summed E-state index contributed by atoms with van der Waals surface area (Å²) >= 11 is 0. The van der Waals surface area contributed by atoms with E-state index >= 15 is 0 Å². The first-order valence-corrected chi connectivity index (χ1v) is 8.00. The highest BCUT2D eigenvalue weighted by atomic mass is 16.5. The van der Waals surface area contributed by atoms with Gasteiger partial charge in [-0.3, -0.25) is 14.7 Å². The summed E-state index contributed by atoms with van der Waals surface area (Å²) in [7, 11) is 0. The smallest absolute Gasteiger partial charge is 0.274 e. The summed E-state index contributed by atoms with van der Waals surface area (Å²) in [4.78, 5) is 31.9. The van der Waals surface area contributed by atoms with Crippen molar-refractivity contribution in [1.82, 2.24) is 24.9 Å². The highest BCUT2D eigenvalue weighted by Crippen LogP contribution is 2.13. The molecule has 25 heavy (non-hydrogen) atoms. The van der Waals surface area contributed by atoms with E-state index in [0.717, 1.165) is 15.8 Å². The fourth-order valence-corrected chi connectivity index (χ4v) is 2.36. The van der Waals surface area contributed by atoms with Crippen molar-refractivity contribution >= 4 is 11.7 Å². The van der Waals surface area contributed by atoms with Crippen LogP contribution in [0.25, 0.3) is 5.78 Å². The molecule has 1 aromatic carbocycles. The summed E-state index contributed by atoms with van der Waals surface area (Å²) in [6.45, 7) is 4.39. The van der Waals surface area contributed by atoms with Gasteiger partial charge in [-0.2, -0.15) is 4.52 Å². The van der Waals surface area contributed by atoms with Crippen LogP contribution in [-0.2, 0) is 6.42 Å². The first kappa shape index (κ1) is 16.7. The van der Waals surface area contributed by atoms with Crippen LogP contribution < -0.4 is 15.6 Å². The Bertz CT molecular complexity index is 927. The number of ether oxygens (including phenoxy) is 1. The van der Waals surface area contributed by atoms with Crippen LogP contribution in [0.1, 0.15) is 29.9 Å². The SMILES string of the molecule is CC(C)Oc1ccc(CCNC(=O)c2cc(=O)n3[nH]cnc3n2)cc1. The molecule has 0 fully saturated rings. The summed E-state index contributed by atoms with van der Waals surface area (Å²) in [5.74, 6) is 0.584. The predicted octanol–water partition coefficient (Wildman–Crippen LogP) is 1.18. The number of aromatic nitrogens is 4. The van der Waals surface area contributed by atoms with Gasteiger partial charge in [-0.25, -0.2) is 9.97 Å². The Hall–Kier alpha value is -3.16. The first-order valence-electron chi connectivity index (χ1n) is 8.00. The second-order valence-corrected chi connectivity index (χ2v) is 5.82. The molecule has 2 heterocycles. The molecule has 2 aromatic heterocycles. The number of carbonyl (C=O) groups excluding carboxylic acids is 1. The second-order valence-electron chi connectivity index (χ2n) is 5.82. The lowest BCUT2D eigenvalue weighted by molar-refractivity contribution is 0.0949. The molecule has 0 radical (unpaired) electrons. The van der Waals surface area contributed by atoms with Crippen molar-refractivity contribution < 1.29 is 9.53 Å². The van der Waals surface area contributed by atoms with Gasteiger partial charge in [-0.05, 0) is 38.0 Å². The molecule has 2 N–H and O–H groups in total. The van der Waals surface area contributed by atoms with Crippen LogP contribution in [0.4, 0.5) is 0 Å². The van der Waals surface area contributed by atoms with Crippen molar-refractivity contribution in [1.29, 1.82) is 0 Å². The highest BCUT2D eigenvalue weighted by molar-refractivity contribution is 5.92. The lowest BCUT2D eigenvalue weighted by Crippen LogP contribution is -2.29. The van der Waals surface area contributed by atoms with E-state index in [2.05, 4.69) is 20.4 Å². The molecule has 8 nitrogen and oxygen atoms in total. The third-order valence-electron chi connectivity index (χ3n) is 3.49. The number of aromatic amines is 1. The maximum Gasteiger partial charge on any atom is 0.274 e. The average molecular weight is 341 g/mol. The third kappa shape index (κ3) is 4.03. The topological polar surface area (TPSA) is 101 Å². The van der Waals surface area contributed by atoms with Gasteiger partial charge < -0.3 is 10.1 Å². The van der Waals surface area contributed by atoms with Crippen LogP contribution in [-0.4, -0.2) is 38.1 Å². The average Bonchev–Trinajstić information content (AvgIpc) is 3.05. The Morgan fingerprint density at radius 2 is 2.08 bits per heavy atom. The van der Waals surface area contributed by atoms with Crippen molar-refractivity contribution in [2.24, 2.45) is 0 Å². The molecule has 0 saturated carbocycles. The summed E-state index contributed by atoms with van der Waals surface area (Å²) in [6, 6.07) is 8.92. The van der Waals surface area contributed by atoms with Gasteiger partial charge >= 0.3 is 0 Å². The van der Waals surface area contributed by atoms with Crippen LogP contribution >= 0.6 is 0 Å². The minimum Gasteiger partial charge on any atom is -0.491 e. The van der Waals surface area contributed by atoms with Crippen molar-refractivity contribution in [3.8, 4) is 5.75 Å². The molecule has 0 aliphatic carbocycles. The molecular weight excluding hydrogens is 322 g/mol. The maximum absolute atomic E-state index is 12.1. The normalized spacial score (nSPS) is 11.0. The largest absolute Gasteiger partial charge is 0.491 e. The number of hydrogen-bond acceptors (Lipinski definition) is 5. The number of nitrogens with zero attached hydrogens (tertiary/aromatic N) is 3. The van der Waals surface area contributed by atoms with Gasteiger partial charge in [0.05, 0.1) is 6.10 Å². The van der Waals surface area contributed by atoms with Gasteiger partial charge in [0, 0.05) is 12.6 Å². The van der Waals surface area contributed by atoms with Crippen LogP contribution in [0.5, 0.6) is 5.75 Å². The van der Waals surface area contributed by atoms with E-state index in [1.165, 1.54) is 12.4 Å². The number of H-pyrrole nitrogens is 1. The van der Waals surface area contributed by atoms with Crippen LogP contribution in [0.3, 0.4) is 0 Å². The maximum atomic E-state index is 12.1. The summed E-state index contributed by atoms with van der Waals surface area (Å²) in [6.07, 6.45) is 2.14. The number of hydrogen-bond donors (Lipinski definition) is 2. The zero-order valence-corrected chi connectivity index (χ0v) is 14.0. The third-order valence-corrected chi connectivity index (χ3v) is 3.49. The lowest BCUT2D eigenvalue weighted by atomic mass is 10.1. The molecule has 0 atom stereocenters. The lowest BCUT2D eigenvalue weighted by Gasteiger charge is -2.10. The number of nitrogens with one attached hydrogen (secondary N) is 2. The standard InChI is InChI=1S/C17H19N5O3/c1-11(2)25-13-5-3-12(4-6-13)7-8-18-16(24)14-9-15(23)22-17(21-14)19-10-20-22/h3-6,9-11H,7-8H2,1-2H3,(H,18,24)(H,19,20,21). The molecule has 0 bridgehead atoms. The number of rotatable bonds is 6. The fraction of sp³-hybridized carbons (Fsp3) is 0.294. The van der Waals surface area contributed by atoms with E-state index in [4.69, 9.17) is 4.74 Å².